The Labute approximate surface area is 84.5 Å². The van der Waals surface area contributed by atoms with Gasteiger partial charge in [0, 0.05) is 8.07 Å². The fraction of sp³-hybridized carbons (Fsp3) is 0.750. The Balaban J connectivity index is 3.50. The summed E-state index contributed by atoms with van der Waals surface area (Å²) in [6.07, 6.45) is -0.661. The highest BCUT2D eigenvalue weighted by Crippen LogP contribution is 2.07. The first-order valence-electron chi connectivity index (χ1n) is 4.44. The maximum absolute atomic E-state index is 10.9. The third-order valence-electron chi connectivity index (χ3n) is 1.47. The van der Waals surface area contributed by atoms with E-state index in [1.165, 1.54) is 0 Å². The second kappa shape index (κ2) is 5.64. The lowest BCUT2D eigenvalue weighted by molar-refractivity contribution is -0.135. The van der Waals surface area contributed by atoms with Gasteiger partial charge in [0.2, 0.25) is 0 Å². The van der Waals surface area contributed by atoms with Gasteiger partial charge < -0.3 is 15.2 Å². The first-order chi connectivity index (χ1) is 6.31. The Hall–Kier alpha value is -1.04. The first kappa shape index (κ1) is 13.0. The van der Waals surface area contributed by atoms with E-state index in [0.29, 0.717) is 6.61 Å². The lowest BCUT2D eigenvalue weighted by atomic mass is 10.7. The zero-order chi connectivity index (χ0) is 11.2. The van der Waals surface area contributed by atoms with Crippen LogP contribution in [0.15, 0.2) is 0 Å². The number of alkyl carbamates (subject to hydrolysis) is 1. The zero-order valence-corrected chi connectivity index (χ0v) is 9.79. The summed E-state index contributed by atoms with van der Waals surface area (Å²) in [6.45, 7) is 6.48. The van der Waals surface area contributed by atoms with Gasteiger partial charge in [-0.15, -0.1) is 0 Å². The molecule has 82 valence electrons. The quantitative estimate of drug-likeness (QED) is 0.680. The van der Waals surface area contributed by atoms with E-state index in [1.54, 1.807) is 0 Å². The summed E-state index contributed by atoms with van der Waals surface area (Å²) in [5.74, 6) is -1.08. The van der Waals surface area contributed by atoms with Gasteiger partial charge >= 0.3 is 12.1 Å². The Morgan fingerprint density at radius 2 is 1.93 bits per heavy atom. The molecule has 0 unspecified atom stereocenters. The number of carboxylic acids is 1. The second-order valence-electron chi connectivity index (χ2n) is 4.19. The van der Waals surface area contributed by atoms with Gasteiger partial charge in [-0.2, -0.15) is 0 Å². The lowest BCUT2D eigenvalue weighted by Gasteiger charge is -2.15. The van der Waals surface area contributed by atoms with E-state index < -0.39 is 26.7 Å². The highest BCUT2D eigenvalue weighted by Gasteiger charge is 2.13. The molecule has 0 radical (unpaired) electrons. The standard InChI is InChI=1S/C8H17NO4Si/c1-14(2,3)5-4-13-8(12)9-6-7(10)11/h4-6H2,1-3H3,(H,9,12)(H,10,11). The topological polar surface area (TPSA) is 75.6 Å². The van der Waals surface area contributed by atoms with Crippen LogP contribution in [0.2, 0.25) is 25.7 Å². The molecule has 0 aromatic carbocycles. The van der Waals surface area contributed by atoms with Crippen molar-refractivity contribution in [3.8, 4) is 0 Å². The van der Waals surface area contributed by atoms with E-state index in [4.69, 9.17) is 9.84 Å². The minimum absolute atomic E-state index is 0.362. The van der Waals surface area contributed by atoms with Crippen molar-refractivity contribution >= 4 is 20.1 Å². The fourth-order valence-corrected chi connectivity index (χ4v) is 1.36. The minimum atomic E-state index is -1.19. The fourth-order valence-electron chi connectivity index (χ4n) is 0.649. The lowest BCUT2D eigenvalue weighted by Crippen LogP contribution is -2.31. The molecular weight excluding hydrogens is 202 g/mol. The number of ether oxygens (including phenoxy) is 1. The monoisotopic (exact) mass is 219 g/mol. The summed E-state index contributed by atoms with van der Waals surface area (Å²) in [6, 6.07) is 0.882. The number of carbonyl (C=O) groups is 2. The number of rotatable bonds is 5. The maximum atomic E-state index is 10.9. The van der Waals surface area contributed by atoms with Gasteiger partial charge in [-0.1, -0.05) is 19.6 Å². The van der Waals surface area contributed by atoms with Gasteiger partial charge in [0.1, 0.15) is 6.54 Å². The van der Waals surface area contributed by atoms with Crippen LogP contribution in [0.3, 0.4) is 0 Å². The predicted octanol–water partition coefficient (Wildman–Crippen LogP) is 1.14. The van der Waals surface area contributed by atoms with Crippen molar-refractivity contribution in [3.05, 3.63) is 0 Å². The third kappa shape index (κ3) is 9.05. The molecule has 0 rings (SSSR count). The van der Waals surface area contributed by atoms with Crippen LogP contribution in [0.25, 0.3) is 0 Å². The number of nitrogens with one attached hydrogen (secondary N) is 1. The molecular formula is C8H17NO4Si. The zero-order valence-electron chi connectivity index (χ0n) is 8.79. The molecule has 6 heteroatoms. The predicted molar refractivity (Wildman–Crippen MR) is 55.1 cm³/mol. The number of hydrogen-bond acceptors (Lipinski definition) is 3. The van der Waals surface area contributed by atoms with Crippen LogP contribution in [-0.4, -0.2) is 38.4 Å². The molecule has 0 bridgehead atoms. The van der Waals surface area contributed by atoms with Crippen molar-refractivity contribution in [2.75, 3.05) is 13.2 Å². The summed E-state index contributed by atoms with van der Waals surface area (Å²) in [5.41, 5.74) is 0. The average Bonchev–Trinajstić information content (AvgIpc) is 1.98. The molecule has 0 aliphatic heterocycles. The summed E-state index contributed by atoms with van der Waals surface area (Å²) in [4.78, 5) is 20.9. The molecule has 0 saturated carbocycles. The molecule has 0 aromatic rings. The molecule has 1 amide bonds. The summed E-state index contributed by atoms with van der Waals surface area (Å²) >= 11 is 0. The molecule has 0 aliphatic carbocycles. The van der Waals surface area contributed by atoms with Crippen LogP contribution in [-0.2, 0) is 9.53 Å². The van der Waals surface area contributed by atoms with Crippen molar-refractivity contribution in [2.45, 2.75) is 25.7 Å². The van der Waals surface area contributed by atoms with Gasteiger partial charge in [0.05, 0.1) is 6.61 Å². The second-order valence-corrected chi connectivity index (χ2v) is 9.82. The highest BCUT2D eigenvalue weighted by atomic mass is 28.3. The Morgan fingerprint density at radius 3 is 2.36 bits per heavy atom. The summed E-state index contributed by atoms with van der Waals surface area (Å²) in [7, 11) is -1.19. The molecule has 2 N–H and O–H groups in total. The molecule has 0 aromatic heterocycles. The van der Waals surface area contributed by atoms with Crippen LogP contribution >= 0.6 is 0 Å². The van der Waals surface area contributed by atoms with E-state index in [9.17, 15) is 9.59 Å². The Kier molecular flexibility index (Phi) is 5.22. The average molecular weight is 219 g/mol. The summed E-state index contributed by atoms with van der Waals surface area (Å²) < 4.78 is 4.79. The van der Waals surface area contributed by atoms with E-state index in [0.717, 1.165) is 6.04 Å². The molecule has 0 heterocycles. The first-order valence-corrected chi connectivity index (χ1v) is 8.14. The molecule has 0 spiro atoms. The minimum Gasteiger partial charge on any atom is -0.480 e. The van der Waals surface area contributed by atoms with E-state index in [-0.39, 0.29) is 0 Å². The van der Waals surface area contributed by atoms with Crippen molar-refractivity contribution in [1.29, 1.82) is 0 Å². The van der Waals surface area contributed by atoms with Crippen molar-refractivity contribution in [3.63, 3.8) is 0 Å². The van der Waals surface area contributed by atoms with Gasteiger partial charge in [-0.3, -0.25) is 4.79 Å². The van der Waals surface area contributed by atoms with Crippen molar-refractivity contribution in [1.82, 2.24) is 5.32 Å². The summed E-state index contributed by atoms with van der Waals surface area (Å²) in [5, 5.41) is 10.4. The van der Waals surface area contributed by atoms with Crippen LogP contribution in [0.4, 0.5) is 4.79 Å². The molecule has 14 heavy (non-hydrogen) atoms. The van der Waals surface area contributed by atoms with Crippen LogP contribution < -0.4 is 5.32 Å². The molecule has 0 aliphatic rings. The van der Waals surface area contributed by atoms with E-state index in [1.807, 2.05) is 0 Å². The SMILES string of the molecule is C[Si](C)(C)CCOC(=O)NCC(=O)O. The molecule has 0 fully saturated rings. The molecule has 0 saturated heterocycles. The molecule has 5 nitrogen and oxygen atoms in total. The smallest absolute Gasteiger partial charge is 0.407 e. The van der Waals surface area contributed by atoms with Gasteiger partial charge in [-0.05, 0) is 6.04 Å². The van der Waals surface area contributed by atoms with E-state index >= 15 is 0 Å². The number of hydrogen-bond donors (Lipinski definition) is 2. The third-order valence-corrected chi connectivity index (χ3v) is 3.17. The Bertz CT molecular complexity index is 212. The van der Waals surface area contributed by atoms with E-state index in [2.05, 4.69) is 25.0 Å². The normalized spacial score (nSPS) is 10.8. The van der Waals surface area contributed by atoms with Crippen LogP contribution in [0, 0.1) is 0 Å². The number of aliphatic carboxylic acids is 1. The van der Waals surface area contributed by atoms with Gasteiger partial charge in [-0.25, -0.2) is 4.79 Å². The largest absolute Gasteiger partial charge is 0.480 e. The number of amides is 1. The number of carbonyl (C=O) groups excluding carboxylic acids is 1. The number of carboxylic acid groups (broad SMARTS) is 1. The van der Waals surface area contributed by atoms with Crippen LogP contribution in [0.1, 0.15) is 0 Å². The Morgan fingerprint density at radius 1 is 1.36 bits per heavy atom. The van der Waals surface area contributed by atoms with Crippen molar-refractivity contribution < 1.29 is 19.4 Å². The van der Waals surface area contributed by atoms with Crippen molar-refractivity contribution in [2.24, 2.45) is 0 Å². The van der Waals surface area contributed by atoms with Gasteiger partial charge in [0.15, 0.2) is 0 Å². The highest BCUT2D eigenvalue weighted by molar-refractivity contribution is 6.76. The molecule has 0 atom stereocenters. The van der Waals surface area contributed by atoms with Crippen LogP contribution in [0.5, 0.6) is 0 Å². The maximum Gasteiger partial charge on any atom is 0.407 e. The van der Waals surface area contributed by atoms with Gasteiger partial charge in [0.25, 0.3) is 0 Å².